The van der Waals surface area contributed by atoms with Crippen molar-refractivity contribution in [2.75, 3.05) is 20.1 Å². The van der Waals surface area contributed by atoms with E-state index in [1.165, 1.54) is 4.31 Å². The Morgan fingerprint density at radius 2 is 1.67 bits per heavy atom. The van der Waals surface area contributed by atoms with E-state index in [-0.39, 0.29) is 6.04 Å². The maximum atomic E-state index is 12.8. The van der Waals surface area contributed by atoms with Crippen molar-refractivity contribution in [3.63, 3.8) is 0 Å². The molecule has 0 aliphatic carbocycles. The molecule has 118 valence electrons. The summed E-state index contributed by atoms with van der Waals surface area (Å²) < 4.78 is 28.8. The Labute approximate surface area is 128 Å². The minimum atomic E-state index is -3.41. The fourth-order valence-electron chi connectivity index (χ4n) is 3.12. The fraction of sp³-hybridized carbons (Fsp3) is 0.625. The van der Waals surface area contributed by atoms with Gasteiger partial charge in [0.05, 0.1) is 0 Å². The third-order valence-electron chi connectivity index (χ3n) is 4.35. The van der Waals surface area contributed by atoms with Crippen LogP contribution in [0, 0.1) is 11.8 Å². The molecule has 0 bridgehead atoms. The third-order valence-corrected chi connectivity index (χ3v) is 6.35. The second kappa shape index (κ2) is 6.46. The van der Waals surface area contributed by atoms with Gasteiger partial charge in [-0.3, -0.25) is 0 Å². The van der Waals surface area contributed by atoms with Crippen LogP contribution in [0.1, 0.15) is 38.8 Å². The van der Waals surface area contributed by atoms with Gasteiger partial charge >= 0.3 is 0 Å². The molecule has 1 aliphatic heterocycles. The van der Waals surface area contributed by atoms with Crippen molar-refractivity contribution in [2.24, 2.45) is 11.8 Å². The van der Waals surface area contributed by atoms with Crippen LogP contribution in [0.2, 0.25) is 0 Å². The van der Waals surface area contributed by atoms with E-state index in [2.05, 4.69) is 13.8 Å². The predicted octanol–water partition coefficient (Wildman–Crippen LogP) is 2.90. The Morgan fingerprint density at radius 1 is 1.14 bits per heavy atom. The summed E-state index contributed by atoms with van der Waals surface area (Å²) in [6.07, 6.45) is 1.10. The normalized spacial score (nSPS) is 26.0. The highest BCUT2D eigenvalue weighted by molar-refractivity contribution is 7.86. The van der Waals surface area contributed by atoms with Crippen molar-refractivity contribution in [2.45, 2.75) is 33.2 Å². The van der Waals surface area contributed by atoms with Gasteiger partial charge < -0.3 is 0 Å². The lowest BCUT2D eigenvalue weighted by atomic mass is 9.94. The monoisotopic (exact) mass is 310 g/mol. The van der Waals surface area contributed by atoms with Gasteiger partial charge in [-0.2, -0.15) is 17.0 Å². The van der Waals surface area contributed by atoms with Crippen LogP contribution in [0.5, 0.6) is 0 Å². The highest BCUT2D eigenvalue weighted by Crippen LogP contribution is 2.28. The molecule has 2 rings (SSSR count). The average molecular weight is 310 g/mol. The van der Waals surface area contributed by atoms with Gasteiger partial charge in [0.25, 0.3) is 10.2 Å². The number of benzene rings is 1. The van der Waals surface area contributed by atoms with Crippen molar-refractivity contribution in [3.05, 3.63) is 35.9 Å². The summed E-state index contributed by atoms with van der Waals surface area (Å²) in [6.45, 7) is 7.43. The molecule has 21 heavy (non-hydrogen) atoms. The van der Waals surface area contributed by atoms with Crippen LogP contribution in [-0.4, -0.2) is 37.2 Å². The molecule has 3 atom stereocenters. The van der Waals surface area contributed by atoms with Crippen LogP contribution in [0.4, 0.5) is 0 Å². The molecular weight excluding hydrogens is 284 g/mol. The van der Waals surface area contributed by atoms with Gasteiger partial charge in [-0.1, -0.05) is 44.2 Å². The lowest BCUT2D eigenvalue weighted by molar-refractivity contribution is 0.207. The molecule has 4 nitrogen and oxygen atoms in total. The molecular formula is C16H26N2O2S. The Morgan fingerprint density at radius 3 is 2.19 bits per heavy atom. The molecule has 1 saturated heterocycles. The van der Waals surface area contributed by atoms with Crippen LogP contribution >= 0.6 is 0 Å². The average Bonchev–Trinajstić information content (AvgIpc) is 2.45. The first-order valence-corrected chi connectivity index (χ1v) is 9.00. The summed E-state index contributed by atoms with van der Waals surface area (Å²) in [5.41, 5.74) is 1.02. The Kier molecular flexibility index (Phi) is 5.07. The molecule has 1 aliphatic rings. The van der Waals surface area contributed by atoms with Gasteiger partial charge in [-0.05, 0) is 30.7 Å². The molecule has 5 heteroatoms. The fourth-order valence-corrected chi connectivity index (χ4v) is 4.89. The van der Waals surface area contributed by atoms with Gasteiger partial charge in [0.2, 0.25) is 0 Å². The quantitative estimate of drug-likeness (QED) is 0.858. The van der Waals surface area contributed by atoms with E-state index in [9.17, 15) is 8.42 Å². The van der Waals surface area contributed by atoms with Crippen LogP contribution in [0.3, 0.4) is 0 Å². The number of rotatable bonds is 4. The van der Waals surface area contributed by atoms with Crippen LogP contribution < -0.4 is 0 Å². The molecule has 0 spiro atoms. The number of nitrogens with zero attached hydrogens (tertiary/aromatic N) is 2. The van der Waals surface area contributed by atoms with E-state index in [1.807, 2.05) is 37.3 Å². The summed E-state index contributed by atoms with van der Waals surface area (Å²) in [6, 6.07) is 9.60. The van der Waals surface area contributed by atoms with Gasteiger partial charge in [0.15, 0.2) is 0 Å². The second-order valence-corrected chi connectivity index (χ2v) is 8.36. The Hall–Kier alpha value is -0.910. The lowest BCUT2D eigenvalue weighted by Gasteiger charge is -2.37. The van der Waals surface area contributed by atoms with Gasteiger partial charge in [0.1, 0.15) is 0 Å². The second-order valence-electron chi connectivity index (χ2n) is 6.37. The largest absolute Gasteiger partial charge is 0.282 e. The molecule has 1 aromatic carbocycles. The predicted molar refractivity (Wildman–Crippen MR) is 86.1 cm³/mol. The van der Waals surface area contributed by atoms with Gasteiger partial charge in [0, 0.05) is 26.2 Å². The van der Waals surface area contributed by atoms with Gasteiger partial charge in [-0.25, -0.2) is 0 Å². The summed E-state index contributed by atoms with van der Waals surface area (Å²) in [7, 11) is -1.73. The van der Waals surface area contributed by atoms with Crippen LogP contribution in [0.15, 0.2) is 30.3 Å². The smallest absolute Gasteiger partial charge is 0.195 e. The van der Waals surface area contributed by atoms with Crippen molar-refractivity contribution < 1.29 is 8.42 Å². The first-order chi connectivity index (χ1) is 9.82. The molecule has 0 N–H and O–H groups in total. The lowest BCUT2D eigenvalue weighted by Crippen LogP contribution is -2.48. The van der Waals surface area contributed by atoms with E-state index in [0.29, 0.717) is 24.9 Å². The molecule has 0 amide bonds. The number of hydrogen-bond acceptors (Lipinski definition) is 2. The van der Waals surface area contributed by atoms with Crippen molar-refractivity contribution in [3.8, 4) is 0 Å². The van der Waals surface area contributed by atoms with E-state index >= 15 is 0 Å². The van der Waals surface area contributed by atoms with E-state index in [4.69, 9.17) is 0 Å². The van der Waals surface area contributed by atoms with Crippen LogP contribution in [0.25, 0.3) is 0 Å². The van der Waals surface area contributed by atoms with Gasteiger partial charge in [-0.15, -0.1) is 0 Å². The number of piperidine rings is 1. The summed E-state index contributed by atoms with van der Waals surface area (Å²) in [5.74, 6) is 0.841. The first kappa shape index (κ1) is 16.5. The molecule has 0 saturated carbocycles. The van der Waals surface area contributed by atoms with Crippen molar-refractivity contribution >= 4 is 10.2 Å². The topological polar surface area (TPSA) is 40.6 Å². The van der Waals surface area contributed by atoms with Crippen molar-refractivity contribution in [1.82, 2.24) is 8.61 Å². The number of hydrogen-bond donors (Lipinski definition) is 0. The molecule has 0 unspecified atom stereocenters. The molecule has 0 radical (unpaired) electrons. The zero-order chi connectivity index (χ0) is 15.6. The minimum Gasteiger partial charge on any atom is -0.195 e. The highest BCUT2D eigenvalue weighted by Gasteiger charge is 2.35. The Balaban J connectivity index is 2.18. The highest BCUT2D eigenvalue weighted by atomic mass is 32.2. The Bertz CT molecular complexity index is 549. The molecule has 1 heterocycles. The summed E-state index contributed by atoms with van der Waals surface area (Å²) >= 11 is 0. The van der Waals surface area contributed by atoms with Crippen LogP contribution in [-0.2, 0) is 10.2 Å². The molecule has 0 aromatic heterocycles. The summed E-state index contributed by atoms with van der Waals surface area (Å²) in [5, 5.41) is 0. The molecule has 1 aromatic rings. The SMILES string of the molecule is C[C@@H]1C[C@@H](C)CN(S(=O)(=O)N(C)[C@@H](C)c2ccccc2)C1. The van der Waals surface area contributed by atoms with Crippen molar-refractivity contribution in [1.29, 1.82) is 0 Å². The maximum absolute atomic E-state index is 12.8. The maximum Gasteiger partial charge on any atom is 0.282 e. The van der Waals surface area contributed by atoms with E-state index in [1.54, 1.807) is 11.4 Å². The van der Waals surface area contributed by atoms with E-state index in [0.717, 1.165) is 12.0 Å². The minimum absolute atomic E-state index is 0.163. The first-order valence-electron chi connectivity index (χ1n) is 7.60. The zero-order valence-corrected chi connectivity index (χ0v) is 14.2. The van der Waals surface area contributed by atoms with E-state index < -0.39 is 10.2 Å². The third kappa shape index (κ3) is 3.65. The molecule has 1 fully saturated rings. The zero-order valence-electron chi connectivity index (χ0n) is 13.4. The summed E-state index contributed by atoms with van der Waals surface area (Å²) in [4.78, 5) is 0. The standard InChI is InChI=1S/C16H26N2O2S/c1-13-10-14(2)12-18(11-13)21(19,20)17(4)15(3)16-8-6-5-7-9-16/h5-9,13-15H,10-12H2,1-4H3/t13-,14-,15+/m1/s1.